The van der Waals surface area contributed by atoms with Gasteiger partial charge in [0.15, 0.2) is 0 Å². The summed E-state index contributed by atoms with van der Waals surface area (Å²) in [5, 5.41) is 8.89. The lowest BCUT2D eigenvalue weighted by atomic mass is 9.75. The Morgan fingerprint density at radius 3 is 2.24 bits per heavy atom. The number of rotatable bonds is 8. The zero-order chi connectivity index (χ0) is 13.5. The van der Waals surface area contributed by atoms with Crippen molar-refractivity contribution in [2.75, 3.05) is 0 Å². The van der Waals surface area contributed by atoms with Gasteiger partial charge in [0, 0.05) is 5.41 Å². The van der Waals surface area contributed by atoms with Crippen molar-refractivity contribution in [2.45, 2.75) is 72.8 Å². The molecule has 102 valence electrons. The molecule has 0 rings (SSSR count). The van der Waals surface area contributed by atoms with Crippen molar-refractivity contribution >= 4 is 6.16 Å². The summed E-state index contributed by atoms with van der Waals surface area (Å²) in [5.41, 5.74) is -0.0905. The van der Waals surface area contributed by atoms with Crippen molar-refractivity contribution in [3.63, 3.8) is 0 Å². The molecule has 2 unspecified atom stereocenters. The maximum atomic E-state index is 10.8. The van der Waals surface area contributed by atoms with Crippen LogP contribution in [0, 0.1) is 11.3 Å². The van der Waals surface area contributed by atoms with Crippen molar-refractivity contribution in [1.29, 1.82) is 0 Å². The molecule has 0 aromatic rings. The molecule has 2 atom stereocenters. The second-order valence-corrected chi connectivity index (χ2v) is 5.46. The molecule has 0 aliphatic rings. The van der Waals surface area contributed by atoms with E-state index in [1.54, 1.807) is 0 Å². The quantitative estimate of drug-likeness (QED) is 0.629. The largest absolute Gasteiger partial charge is 0.506 e. The molecule has 0 amide bonds. The Balaban J connectivity index is 4.79. The minimum Gasteiger partial charge on any atom is -0.450 e. The van der Waals surface area contributed by atoms with Gasteiger partial charge >= 0.3 is 6.16 Å². The molecule has 0 aromatic carbocycles. The SMILES string of the molecule is CCCCC(CC)C(OC(=O)O)C(C)(C)CC. The lowest BCUT2D eigenvalue weighted by Crippen LogP contribution is -2.39. The number of ether oxygens (including phenoxy) is 1. The zero-order valence-electron chi connectivity index (χ0n) is 12.0. The molecule has 0 aliphatic heterocycles. The molecule has 0 bridgehead atoms. The van der Waals surface area contributed by atoms with Crippen LogP contribution in [-0.4, -0.2) is 17.4 Å². The van der Waals surface area contributed by atoms with Crippen molar-refractivity contribution in [2.24, 2.45) is 11.3 Å². The Hall–Kier alpha value is -0.730. The predicted octanol–water partition coefficient (Wildman–Crippen LogP) is 4.70. The maximum absolute atomic E-state index is 10.8. The maximum Gasteiger partial charge on any atom is 0.506 e. The fraction of sp³-hybridized carbons (Fsp3) is 0.929. The molecule has 0 heterocycles. The highest BCUT2D eigenvalue weighted by atomic mass is 16.7. The second-order valence-electron chi connectivity index (χ2n) is 5.46. The van der Waals surface area contributed by atoms with Gasteiger partial charge in [0.25, 0.3) is 0 Å². The van der Waals surface area contributed by atoms with E-state index in [9.17, 15) is 4.79 Å². The lowest BCUT2D eigenvalue weighted by molar-refractivity contribution is -0.0430. The molecule has 17 heavy (non-hydrogen) atoms. The highest BCUT2D eigenvalue weighted by Gasteiger charge is 2.36. The summed E-state index contributed by atoms with van der Waals surface area (Å²) in [5.74, 6) is 0.334. The molecule has 0 spiro atoms. The molecule has 0 aliphatic carbocycles. The van der Waals surface area contributed by atoms with Crippen molar-refractivity contribution in [3.8, 4) is 0 Å². The normalized spacial score (nSPS) is 15.4. The van der Waals surface area contributed by atoms with Gasteiger partial charge in [-0.25, -0.2) is 4.79 Å². The molecular formula is C14H28O3. The van der Waals surface area contributed by atoms with E-state index < -0.39 is 6.16 Å². The smallest absolute Gasteiger partial charge is 0.450 e. The topological polar surface area (TPSA) is 46.5 Å². The average molecular weight is 244 g/mol. The van der Waals surface area contributed by atoms with Gasteiger partial charge in [-0.1, -0.05) is 47.5 Å². The number of carbonyl (C=O) groups is 1. The van der Waals surface area contributed by atoms with E-state index in [1.165, 1.54) is 0 Å². The Morgan fingerprint density at radius 2 is 1.88 bits per heavy atom. The molecule has 1 N–H and O–H groups in total. The van der Waals surface area contributed by atoms with Crippen molar-refractivity contribution in [3.05, 3.63) is 0 Å². The van der Waals surface area contributed by atoms with E-state index in [0.717, 1.165) is 32.1 Å². The van der Waals surface area contributed by atoms with E-state index in [-0.39, 0.29) is 11.5 Å². The minimum absolute atomic E-state index is 0.0905. The van der Waals surface area contributed by atoms with Crippen LogP contribution in [-0.2, 0) is 4.74 Å². The number of hydrogen-bond donors (Lipinski definition) is 1. The van der Waals surface area contributed by atoms with Gasteiger partial charge in [-0.15, -0.1) is 0 Å². The van der Waals surface area contributed by atoms with Crippen molar-refractivity contribution < 1.29 is 14.6 Å². The third-order valence-electron chi connectivity index (χ3n) is 3.79. The summed E-state index contributed by atoms with van der Waals surface area (Å²) < 4.78 is 5.17. The van der Waals surface area contributed by atoms with E-state index >= 15 is 0 Å². The molecule has 0 fully saturated rings. The summed E-state index contributed by atoms with van der Waals surface area (Å²) in [4.78, 5) is 10.8. The second kappa shape index (κ2) is 7.57. The highest BCUT2D eigenvalue weighted by Crippen LogP contribution is 2.35. The van der Waals surface area contributed by atoms with E-state index in [0.29, 0.717) is 5.92 Å². The Labute approximate surface area is 106 Å². The number of unbranched alkanes of at least 4 members (excludes halogenated alkanes) is 1. The van der Waals surface area contributed by atoms with Gasteiger partial charge in [-0.3, -0.25) is 0 Å². The molecule has 3 nitrogen and oxygen atoms in total. The van der Waals surface area contributed by atoms with Gasteiger partial charge in [0.2, 0.25) is 0 Å². The van der Waals surface area contributed by atoms with Crippen LogP contribution in [0.3, 0.4) is 0 Å². The summed E-state index contributed by atoms with van der Waals surface area (Å²) in [7, 11) is 0. The fourth-order valence-corrected chi connectivity index (χ4v) is 2.24. The summed E-state index contributed by atoms with van der Waals surface area (Å²) in [6.45, 7) is 10.5. The van der Waals surface area contributed by atoms with Crippen molar-refractivity contribution in [1.82, 2.24) is 0 Å². The molecule has 0 radical (unpaired) electrons. The van der Waals surface area contributed by atoms with Gasteiger partial charge in [0.05, 0.1) is 0 Å². The van der Waals surface area contributed by atoms with Crippen LogP contribution < -0.4 is 0 Å². The van der Waals surface area contributed by atoms with Crippen LogP contribution in [0.1, 0.15) is 66.7 Å². The monoisotopic (exact) mass is 244 g/mol. The Bertz CT molecular complexity index is 224. The third-order valence-corrected chi connectivity index (χ3v) is 3.79. The third kappa shape index (κ3) is 5.42. The van der Waals surface area contributed by atoms with Crippen LogP contribution in [0.4, 0.5) is 4.79 Å². The highest BCUT2D eigenvalue weighted by molar-refractivity contribution is 5.57. The van der Waals surface area contributed by atoms with Gasteiger partial charge < -0.3 is 9.84 Å². The van der Waals surface area contributed by atoms with Crippen LogP contribution in [0.5, 0.6) is 0 Å². The fourth-order valence-electron chi connectivity index (χ4n) is 2.24. The van der Waals surface area contributed by atoms with Gasteiger partial charge in [-0.05, 0) is 25.2 Å². The zero-order valence-corrected chi connectivity index (χ0v) is 12.0. The first-order valence-electron chi connectivity index (χ1n) is 6.78. The first kappa shape index (κ1) is 16.3. The van der Waals surface area contributed by atoms with Crippen LogP contribution in [0.25, 0.3) is 0 Å². The summed E-state index contributed by atoms with van der Waals surface area (Å²) >= 11 is 0. The average Bonchev–Trinajstić information content (AvgIpc) is 2.28. The van der Waals surface area contributed by atoms with E-state index in [2.05, 4.69) is 34.6 Å². The van der Waals surface area contributed by atoms with Gasteiger partial charge in [0.1, 0.15) is 6.10 Å². The number of carboxylic acid groups (broad SMARTS) is 1. The Morgan fingerprint density at radius 1 is 1.29 bits per heavy atom. The van der Waals surface area contributed by atoms with Crippen LogP contribution in [0.15, 0.2) is 0 Å². The van der Waals surface area contributed by atoms with Crippen LogP contribution in [0.2, 0.25) is 0 Å². The number of hydrogen-bond acceptors (Lipinski definition) is 2. The molecular weight excluding hydrogens is 216 g/mol. The standard InChI is InChI=1S/C14H28O3/c1-6-9-10-11(7-2)12(17-13(15)16)14(4,5)8-3/h11-12H,6-10H2,1-5H3,(H,15,16). The summed E-state index contributed by atoms with van der Waals surface area (Å²) in [6, 6.07) is 0. The lowest BCUT2D eigenvalue weighted by Gasteiger charge is -2.37. The summed E-state index contributed by atoms with van der Waals surface area (Å²) in [6.07, 6.45) is 3.89. The molecule has 0 saturated heterocycles. The van der Waals surface area contributed by atoms with E-state index in [4.69, 9.17) is 9.84 Å². The van der Waals surface area contributed by atoms with Crippen LogP contribution >= 0.6 is 0 Å². The molecule has 3 heteroatoms. The van der Waals surface area contributed by atoms with E-state index in [1.807, 2.05) is 0 Å². The van der Waals surface area contributed by atoms with Gasteiger partial charge in [-0.2, -0.15) is 0 Å². The minimum atomic E-state index is -1.15. The Kier molecular flexibility index (Phi) is 7.24. The first-order valence-corrected chi connectivity index (χ1v) is 6.78. The molecule has 0 aromatic heterocycles. The molecule has 0 saturated carbocycles. The predicted molar refractivity (Wildman–Crippen MR) is 70.3 cm³/mol. The first-order chi connectivity index (χ1) is 7.88.